The Morgan fingerprint density at radius 1 is 1.07 bits per heavy atom. The van der Waals surface area contributed by atoms with Crippen LogP contribution in [-0.4, -0.2) is 40.1 Å². The van der Waals surface area contributed by atoms with E-state index in [1.54, 1.807) is 6.92 Å². The number of aryl methyl sites for hydroxylation is 1. The monoisotopic (exact) mass is 629 g/mol. The number of benzene rings is 3. The fraction of sp³-hybridized carbons (Fsp3) is 0.258. The van der Waals surface area contributed by atoms with E-state index in [9.17, 15) is 36.6 Å². The van der Waals surface area contributed by atoms with Gasteiger partial charge >= 0.3 is 18.4 Å². The zero-order chi connectivity index (χ0) is 32.3. The molecule has 1 aliphatic carbocycles. The molecule has 9 nitrogen and oxygen atoms in total. The number of aromatic nitrogens is 2. The quantitative estimate of drug-likeness (QED) is 0.230. The van der Waals surface area contributed by atoms with Gasteiger partial charge in [-0.15, -0.1) is 8.78 Å². The molecule has 0 bridgehead atoms. The van der Waals surface area contributed by atoms with Crippen molar-refractivity contribution in [3.05, 3.63) is 94.3 Å². The molecule has 6 rings (SSSR count). The molecule has 0 radical (unpaired) electrons. The van der Waals surface area contributed by atoms with Gasteiger partial charge in [-0.2, -0.15) is 18.3 Å². The number of carbonyl (C=O) groups excluding carboxylic acids is 1. The largest absolute Gasteiger partial charge is 0.586 e. The van der Waals surface area contributed by atoms with E-state index >= 15 is 0 Å². The van der Waals surface area contributed by atoms with Crippen molar-refractivity contribution in [2.45, 2.75) is 44.8 Å². The summed E-state index contributed by atoms with van der Waals surface area (Å²) in [6.45, 7) is 1.59. The third-order valence-electron chi connectivity index (χ3n) is 7.61. The first-order chi connectivity index (χ1) is 21.2. The zero-order valence-electron chi connectivity index (χ0n) is 23.7. The molecular formula is C31H24F5N3O6. The third kappa shape index (κ3) is 5.63. The van der Waals surface area contributed by atoms with Crippen LogP contribution >= 0.6 is 0 Å². The third-order valence-corrected chi connectivity index (χ3v) is 7.61. The summed E-state index contributed by atoms with van der Waals surface area (Å²) in [7, 11) is 1.41. The summed E-state index contributed by atoms with van der Waals surface area (Å²) in [4.78, 5) is 26.1. The van der Waals surface area contributed by atoms with Crippen molar-refractivity contribution in [1.29, 1.82) is 0 Å². The second kappa shape index (κ2) is 10.8. The van der Waals surface area contributed by atoms with Gasteiger partial charge in [0.25, 0.3) is 5.91 Å². The maximum atomic E-state index is 14.2. The molecule has 4 aromatic rings. The molecule has 1 aromatic heterocycles. The number of carbonyl (C=O) groups is 2. The summed E-state index contributed by atoms with van der Waals surface area (Å²) in [5, 5.41) is 13.3. The second-order valence-corrected chi connectivity index (χ2v) is 10.6. The van der Waals surface area contributed by atoms with Gasteiger partial charge in [-0.05, 0) is 80.3 Å². The van der Waals surface area contributed by atoms with Crippen LogP contribution in [0.3, 0.4) is 0 Å². The van der Waals surface area contributed by atoms with Crippen LogP contribution < -0.4 is 19.1 Å². The second-order valence-electron chi connectivity index (χ2n) is 10.6. The van der Waals surface area contributed by atoms with Crippen molar-refractivity contribution >= 4 is 17.6 Å². The van der Waals surface area contributed by atoms with Crippen LogP contribution in [0.5, 0.6) is 17.2 Å². The standard InChI is InChI=1S/C31H24F5N3O6/c1-16-13-20(10-11-21(16)29(41)42)43-24-8-4-7-22-26(24)39(37-27(22)30(32,33)34)19-6-3-5-17(14-19)28(40)38(2)18-9-12-23-25(15-18)45-31(35,36)44-23/h3,5-6,9-15,24H,4,7-8H2,1-2H3,(H,41,42). The first-order valence-corrected chi connectivity index (χ1v) is 13.7. The number of alkyl halides is 5. The molecule has 1 N–H and O–H groups in total. The number of hydrogen-bond acceptors (Lipinski definition) is 6. The summed E-state index contributed by atoms with van der Waals surface area (Å²) >= 11 is 0. The van der Waals surface area contributed by atoms with E-state index in [1.807, 2.05) is 0 Å². The van der Waals surface area contributed by atoms with Crippen LogP contribution in [0.4, 0.5) is 27.6 Å². The summed E-state index contributed by atoms with van der Waals surface area (Å²) < 4.78 is 85.6. The number of halogens is 5. The number of fused-ring (bicyclic) bond motifs is 2. The number of anilines is 1. The lowest BCUT2D eigenvalue weighted by molar-refractivity contribution is -0.286. The van der Waals surface area contributed by atoms with Crippen molar-refractivity contribution in [3.8, 4) is 22.9 Å². The van der Waals surface area contributed by atoms with Crippen molar-refractivity contribution < 1.29 is 50.9 Å². The van der Waals surface area contributed by atoms with Crippen LogP contribution in [0, 0.1) is 6.92 Å². The highest BCUT2D eigenvalue weighted by atomic mass is 19.4. The minimum atomic E-state index is -4.76. The zero-order valence-corrected chi connectivity index (χ0v) is 23.7. The molecular weight excluding hydrogens is 605 g/mol. The van der Waals surface area contributed by atoms with Crippen molar-refractivity contribution in [3.63, 3.8) is 0 Å². The van der Waals surface area contributed by atoms with Crippen LogP contribution in [0.2, 0.25) is 0 Å². The van der Waals surface area contributed by atoms with Gasteiger partial charge < -0.3 is 24.2 Å². The van der Waals surface area contributed by atoms with Crippen LogP contribution in [0.1, 0.15) is 62.2 Å². The normalized spacial score (nSPS) is 16.6. The lowest BCUT2D eigenvalue weighted by Crippen LogP contribution is -2.26. The highest BCUT2D eigenvalue weighted by Crippen LogP contribution is 2.44. The van der Waals surface area contributed by atoms with E-state index in [-0.39, 0.29) is 57.4 Å². The Labute approximate surface area is 252 Å². The number of rotatable bonds is 6. The molecule has 3 aromatic carbocycles. The minimum absolute atomic E-state index is 0.0244. The van der Waals surface area contributed by atoms with E-state index < -0.39 is 36.1 Å². The molecule has 1 atom stereocenters. The van der Waals surface area contributed by atoms with Gasteiger partial charge in [-0.1, -0.05) is 6.07 Å². The highest BCUT2D eigenvalue weighted by Gasteiger charge is 2.44. The fourth-order valence-corrected chi connectivity index (χ4v) is 5.52. The first-order valence-electron chi connectivity index (χ1n) is 13.7. The maximum Gasteiger partial charge on any atom is 0.586 e. The topological polar surface area (TPSA) is 103 Å². The number of carboxylic acids is 1. The number of amides is 1. The molecule has 2 heterocycles. The first kappa shape index (κ1) is 29.9. The van der Waals surface area contributed by atoms with Gasteiger partial charge in [0.2, 0.25) is 0 Å². The number of nitrogens with zero attached hydrogens (tertiary/aromatic N) is 3. The Hall–Kier alpha value is -5.14. The lowest BCUT2D eigenvalue weighted by atomic mass is 9.92. The number of hydrogen-bond donors (Lipinski definition) is 1. The van der Waals surface area contributed by atoms with Crippen molar-refractivity contribution in [2.75, 3.05) is 11.9 Å². The van der Waals surface area contributed by atoms with Crippen LogP contribution in [0.15, 0.2) is 60.7 Å². The van der Waals surface area contributed by atoms with Crippen LogP contribution in [-0.2, 0) is 12.6 Å². The van der Waals surface area contributed by atoms with Gasteiger partial charge in [-0.3, -0.25) is 4.79 Å². The molecule has 0 saturated heterocycles. The van der Waals surface area contributed by atoms with E-state index in [4.69, 9.17) is 4.74 Å². The molecule has 1 aliphatic heterocycles. The highest BCUT2D eigenvalue weighted by molar-refractivity contribution is 6.06. The Morgan fingerprint density at radius 3 is 2.53 bits per heavy atom. The summed E-state index contributed by atoms with van der Waals surface area (Å²) in [5.41, 5.74) is 0.0384. The Bertz CT molecular complexity index is 1840. The molecule has 0 spiro atoms. The molecule has 45 heavy (non-hydrogen) atoms. The van der Waals surface area contributed by atoms with Gasteiger partial charge in [0.05, 0.1) is 16.9 Å². The number of carboxylic acid groups (broad SMARTS) is 1. The van der Waals surface area contributed by atoms with Gasteiger partial charge in [0.1, 0.15) is 11.9 Å². The molecule has 0 fully saturated rings. The minimum Gasteiger partial charge on any atom is -0.484 e. The predicted molar refractivity (Wildman–Crippen MR) is 148 cm³/mol. The van der Waals surface area contributed by atoms with E-state index in [2.05, 4.69) is 14.6 Å². The number of ether oxygens (including phenoxy) is 3. The number of aromatic carboxylic acids is 1. The molecule has 14 heteroatoms. The summed E-state index contributed by atoms with van der Waals surface area (Å²) in [6, 6.07) is 14.0. The Kier molecular flexibility index (Phi) is 7.17. The fourth-order valence-electron chi connectivity index (χ4n) is 5.52. The molecule has 1 unspecified atom stereocenters. The van der Waals surface area contributed by atoms with Gasteiger partial charge in [-0.25, -0.2) is 9.48 Å². The summed E-state index contributed by atoms with van der Waals surface area (Å²) in [5.74, 6) is -1.87. The van der Waals surface area contributed by atoms with E-state index in [1.165, 1.54) is 72.6 Å². The average molecular weight is 630 g/mol. The molecule has 234 valence electrons. The maximum absolute atomic E-state index is 14.2. The van der Waals surface area contributed by atoms with Crippen LogP contribution in [0.25, 0.3) is 5.69 Å². The summed E-state index contributed by atoms with van der Waals surface area (Å²) in [6.07, 6.45) is -8.60. The van der Waals surface area contributed by atoms with E-state index in [0.717, 1.165) is 4.68 Å². The molecule has 0 saturated carbocycles. The van der Waals surface area contributed by atoms with E-state index in [0.29, 0.717) is 18.4 Å². The molecule has 2 aliphatic rings. The van der Waals surface area contributed by atoms with Gasteiger partial charge in [0.15, 0.2) is 17.2 Å². The Morgan fingerprint density at radius 2 is 1.82 bits per heavy atom. The predicted octanol–water partition coefficient (Wildman–Crippen LogP) is 6.95. The smallest absolute Gasteiger partial charge is 0.484 e. The molecule has 1 amide bonds. The lowest BCUT2D eigenvalue weighted by Gasteiger charge is -2.26. The van der Waals surface area contributed by atoms with Crippen molar-refractivity contribution in [1.82, 2.24) is 9.78 Å². The van der Waals surface area contributed by atoms with Crippen molar-refractivity contribution in [2.24, 2.45) is 0 Å². The average Bonchev–Trinajstić information content (AvgIpc) is 3.53. The van der Waals surface area contributed by atoms with Gasteiger partial charge in [0, 0.05) is 29.9 Å². The SMILES string of the molecule is Cc1cc(OC2CCCc3c(C(F)(F)F)nn(-c4cccc(C(=O)N(C)c5ccc6c(c5)OC(F)(F)O6)c4)c32)ccc1C(=O)O. The Balaban J connectivity index is 1.35.